The Balaban J connectivity index is 2.03. The largest absolute Gasteiger partial charge is 0.406 e. The molecule has 0 radical (unpaired) electrons. The first kappa shape index (κ1) is 15.0. The van der Waals surface area contributed by atoms with Gasteiger partial charge in [0.15, 0.2) is 0 Å². The molecular weight excluding hydrogens is 320 g/mol. The highest BCUT2D eigenvalue weighted by Crippen LogP contribution is 2.24. The molecule has 0 saturated carbocycles. The Morgan fingerprint density at radius 2 is 2.10 bits per heavy atom. The van der Waals surface area contributed by atoms with E-state index in [9.17, 15) is 0 Å². The van der Waals surface area contributed by atoms with Crippen molar-refractivity contribution in [3.63, 3.8) is 0 Å². The summed E-state index contributed by atoms with van der Waals surface area (Å²) >= 11 is 3.47. The monoisotopic (exact) mass is 338 g/mol. The molecule has 2 rings (SSSR count). The van der Waals surface area contributed by atoms with Crippen LogP contribution in [0.4, 0.5) is 11.7 Å². The highest BCUT2D eigenvalue weighted by molar-refractivity contribution is 9.10. The van der Waals surface area contributed by atoms with Gasteiger partial charge in [-0.2, -0.15) is 0 Å². The first-order chi connectivity index (χ1) is 9.72. The second-order valence-electron chi connectivity index (χ2n) is 4.46. The minimum atomic E-state index is 0.426. The zero-order chi connectivity index (χ0) is 14.4. The molecule has 1 aromatic heterocycles. The standard InChI is InChI=1S/C14H19BrN4O/c1-3-7-16-9-13-18-19-14(20-13)17-12-6-5-11(15)8-10(12)4-2/h5-6,8,16H,3-4,7,9H2,1-2H3,(H,17,19). The lowest BCUT2D eigenvalue weighted by molar-refractivity contribution is 0.479. The predicted molar refractivity (Wildman–Crippen MR) is 83.1 cm³/mol. The van der Waals surface area contributed by atoms with Gasteiger partial charge in [-0.3, -0.25) is 0 Å². The summed E-state index contributed by atoms with van der Waals surface area (Å²) in [5.74, 6) is 0.594. The van der Waals surface area contributed by atoms with Crippen molar-refractivity contribution < 1.29 is 4.42 Å². The van der Waals surface area contributed by atoms with E-state index in [-0.39, 0.29) is 0 Å². The predicted octanol–water partition coefficient (Wildman–Crippen LogP) is 3.64. The molecule has 20 heavy (non-hydrogen) atoms. The van der Waals surface area contributed by atoms with E-state index in [0.29, 0.717) is 18.5 Å². The minimum absolute atomic E-state index is 0.426. The van der Waals surface area contributed by atoms with Crippen LogP contribution in [0.2, 0.25) is 0 Å². The lowest BCUT2D eigenvalue weighted by Gasteiger charge is -2.07. The van der Waals surface area contributed by atoms with Crippen molar-refractivity contribution >= 4 is 27.6 Å². The Labute approximate surface area is 127 Å². The van der Waals surface area contributed by atoms with Crippen molar-refractivity contribution in [2.24, 2.45) is 0 Å². The number of aryl methyl sites for hydroxylation is 1. The maximum atomic E-state index is 5.56. The molecular formula is C14H19BrN4O. The van der Waals surface area contributed by atoms with E-state index < -0.39 is 0 Å². The minimum Gasteiger partial charge on any atom is -0.406 e. The van der Waals surface area contributed by atoms with E-state index in [4.69, 9.17) is 4.42 Å². The second-order valence-corrected chi connectivity index (χ2v) is 5.37. The van der Waals surface area contributed by atoms with Crippen LogP contribution in [-0.4, -0.2) is 16.7 Å². The average Bonchev–Trinajstić information content (AvgIpc) is 2.89. The fourth-order valence-corrected chi connectivity index (χ4v) is 2.25. The number of halogens is 1. The Morgan fingerprint density at radius 3 is 2.85 bits per heavy atom. The zero-order valence-corrected chi connectivity index (χ0v) is 13.3. The van der Waals surface area contributed by atoms with E-state index in [1.54, 1.807) is 0 Å². The molecule has 2 N–H and O–H groups in total. The van der Waals surface area contributed by atoms with E-state index in [1.807, 2.05) is 12.1 Å². The van der Waals surface area contributed by atoms with E-state index in [1.165, 1.54) is 5.56 Å². The van der Waals surface area contributed by atoms with Crippen LogP contribution in [0.25, 0.3) is 0 Å². The van der Waals surface area contributed by atoms with Crippen LogP contribution in [0.3, 0.4) is 0 Å². The highest BCUT2D eigenvalue weighted by atomic mass is 79.9. The van der Waals surface area contributed by atoms with Crippen molar-refractivity contribution in [3.8, 4) is 0 Å². The van der Waals surface area contributed by atoms with Gasteiger partial charge < -0.3 is 15.1 Å². The van der Waals surface area contributed by atoms with Crippen LogP contribution in [0.5, 0.6) is 0 Å². The number of benzene rings is 1. The summed E-state index contributed by atoms with van der Waals surface area (Å²) in [7, 11) is 0. The molecule has 0 aliphatic heterocycles. The molecule has 0 fully saturated rings. The van der Waals surface area contributed by atoms with Gasteiger partial charge in [0.1, 0.15) is 0 Å². The van der Waals surface area contributed by atoms with Crippen molar-refractivity contribution in [2.75, 3.05) is 11.9 Å². The van der Waals surface area contributed by atoms with Crippen molar-refractivity contribution in [2.45, 2.75) is 33.2 Å². The molecule has 0 aliphatic rings. The Hall–Kier alpha value is -1.40. The van der Waals surface area contributed by atoms with Crippen LogP contribution >= 0.6 is 15.9 Å². The fourth-order valence-electron chi connectivity index (χ4n) is 1.84. The molecule has 5 nitrogen and oxygen atoms in total. The third-order valence-electron chi connectivity index (χ3n) is 2.86. The Bertz CT molecular complexity index is 556. The second kappa shape index (κ2) is 7.40. The molecule has 0 aliphatic carbocycles. The maximum absolute atomic E-state index is 5.56. The number of nitrogens with zero attached hydrogens (tertiary/aromatic N) is 2. The molecule has 1 heterocycles. The normalized spacial score (nSPS) is 10.8. The summed E-state index contributed by atoms with van der Waals surface area (Å²) in [4.78, 5) is 0. The average molecular weight is 339 g/mol. The zero-order valence-electron chi connectivity index (χ0n) is 11.7. The molecule has 2 aromatic rings. The fraction of sp³-hybridized carbons (Fsp3) is 0.429. The highest BCUT2D eigenvalue weighted by Gasteiger charge is 2.08. The summed E-state index contributed by atoms with van der Waals surface area (Å²) in [6.45, 7) is 5.77. The van der Waals surface area contributed by atoms with Gasteiger partial charge in [0.25, 0.3) is 0 Å². The van der Waals surface area contributed by atoms with Crippen LogP contribution in [-0.2, 0) is 13.0 Å². The lowest BCUT2D eigenvalue weighted by Crippen LogP contribution is -2.13. The Kier molecular flexibility index (Phi) is 5.55. The lowest BCUT2D eigenvalue weighted by atomic mass is 10.1. The van der Waals surface area contributed by atoms with Gasteiger partial charge in [-0.15, -0.1) is 5.10 Å². The molecule has 0 unspecified atom stereocenters. The summed E-state index contributed by atoms with van der Waals surface area (Å²) in [6.07, 6.45) is 2.01. The molecule has 0 bridgehead atoms. The third-order valence-corrected chi connectivity index (χ3v) is 3.35. The van der Waals surface area contributed by atoms with Crippen molar-refractivity contribution in [1.29, 1.82) is 0 Å². The van der Waals surface area contributed by atoms with E-state index >= 15 is 0 Å². The molecule has 108 valence electrons. The van der Waals surface area contributed by atoms with Crippen LogP contribution in [0.15, 0.2) is 27.1 Å². The number of nitrogens with one attached hydrogen (secondary N) is 2. The van der Waals surface area contributed by atoms with E-state index in [0.717, 1.165) is 29.5 Å². The first-order valence-corrected chi connectivity index (χ1v) is 7.60. The summed E-state index contributed by atoms with van der Waals surface area (Å²) < 4.78 is 6.62. The number of aromatic nitrogens is 2. The maximum Gasteiger partial charge on any atom is 0.320 e. The first-order valence-electron chi connectivity index (χ1n) is 6.81. The molecule has 0 atom stereocenters. The number of rotatable bonds is 7. The van der Waals surface area contributed by atoms with Crippen LogP contribution < -0.4 is 10.6 Å². The van der Waals surface area contributed by atoms with Gasteiger partial charge in [-0.25, -0.2) is 0 Å². The van der Waals surface area contributed by atoms with Gasteiger partial charge in [0, 0.05) is 10.2 Å². The summed E-state index contributed by atoms with van der Waals surface area (Å²) in [5.41, 5.74) is 2.19. The molecule has 0 saturated heterocycles. The third kappa shape index (κ3) is 4.05. The van der Waals surface area contributed by atoms with Gasteiger partial charge >= 0.3 is 6.01 Å². The van der Waals surface area contributed by atoms with Gasteiger partial charge in [-0.1, -0.05) is 34.9 Å². The van der Waals surface area contributed by atoms with Gasteiger partial charge in [0.05, 0.1) is 6.54 Å². The summed E-state index contributed by atoms with van der Waals surface area (Å²) in [5, 5.41) is 14.4. The topological polar surface area (TPSA) is 63.0 Å². The molecule has 1 aromatic carbocycles. The molecule has 0 amide bonds. The molecule has 6 heteroatoms. The quantitative estimate of drug-likeness (QED) is 0.754. The number of anilines is 2. The van der Waals surface area contributed by atoms with E-state index in [2.05, 4.69) is 56.7 Å². The van der Waals surface area contributed by atoms with Crippen LogP contribution in [0, 0.1) is 0 Å². The Morgan fingerprint density at radius 1 is 1.25 bits per heavy atom. The van der Waals surface area contributed by atoms with Crippen molar-refractivity contribution in [1.82, 2.24) is 15.5 Å². The van der Waals surface area contributed by atoms with Crippen LogP contribution in [0.1, 0.15) is 31.7 Å². The van der Waals surface area contributed by atoms with Gasteiger partial charge in [-0.05, 0) is 43.1 Å². The van der Waals surface area contributed by atoms with Crippen molar-refractivity contribution in [3.05, 3.63) is 34.1 Å². The molecule has 0 spiro atoms. The summed E-state index contributed by atoms with van der Waals surface area (Å²) in [6, 6.07) is 6.50. The van der Waals surface area contributed by atoms with Gasteiger partial charge in [0.2, 0.25) is 5.89 Å². The SMILES string of the molecule is CCCNCc1nnc(Nc2ccc(Br)cc2CC)o1. The smallest absolute Gasteiger partial charge is 0.320 e. The number of hydrogen-bond donors (Lipinski definition) is 2. The number of hydrogen-bond acceptors (Lipinski definition) is 5.